The van der Waals surface area contributed by atoms with Gasteiger partial charge in [-0.2, -0.15) is 5.10 Å². The molecule has 0 aliphatic carbocycles. The van der Waals surface area contributed by atoms with Crippen molar-refractivity contribution in [2.45, 2.75) is 0 Å². The molecular formula is C22H16FN3O4. The molecule has 7 nitrogen and oxygen atoms in total. The van der Waals surface area contributed by atoms with Gasteiger partial charge in [0.2, 0.25) is 0 Å². The maximum atomic E-state index is 14.7. The highest BCUT2D eigenvalue weighted by atomic mass is 19.1. The number of aromatic nitrogens is 2. The van der Waals surface area contributed by atoms with Crippen molar-refractivity contribution >= 4 is 28.5 Å². The summed E-state index contributed by atoms with van der Waals surface area (Å²) in [5.41, 5.74) is 1.66. The molecule has 0 fully saturated rings. The third-order valence-corrected chi connectivity index (χ3v) is 4.68. The number of carbonyl (C=O) groups excluding carboxylic acids is 1. The summed E-state index contributed by atoms with van der Waals surface area (Å²) in [4.78, 5) is 24.1. The van der Waals surface area contributed by atoms with E-state index in [4.69, 9.17) is 4.74 Å². The van der Waals surface area contributed by atoms with Crippen molar-refractivity contribution in [2.24, 2.45) is 0 Å². The van der Waals surface area contributed by atoms with Crippen LogP contribution >= 0.6 is 0 Å². The number of H-pyrrole nitrogens is 1. The van der Waals surface area contributed by atoms with Gasteiger partial charge in [-0.05, 0) is 47.5 Å². The number of carboxylic acid groups (broad SMARTS) is 1. The first-order chi connectivity index (χ1) is 14.5. The summed E-state index contributed by atoms with van der Waals surface area (Å²) < 4.78 is 19.8. The normalized spacial score (nSPS) is 10.7. The number of hydrogen-bond acceptors (Lipinski definition) is 4. The number of carbonyl (C=O) groups is 2. The smallest absolute Gasteiger partial charge is 0.357 e. The summed E-state index contributed by atoms with van der Waals surface area (Å²) in [5.74, 6) is -1.94. The zero-order valence-corrected chi connectivity index (χ0v) is 15.8. The van der Waals surface area contributed by atoms with Crippen LogP contribution in [0.4, 0.5) is 10.1 Å². The number of nitrogens with one attached hydrogen (secondary N) is 2. The van der Waals surface area contributed by atoms with Gasteiger partial charge in [-0.3, -0.25) is 9.89 Å². The first kappa shape index (κ1) is 19.1. The molecule has 4 rings (SSSR count). The zero-order chi connectivity index (χ0) is 21.3. The van der Waals surface area contributed by atoms with E-state index in [2.05, 4.69) is 15.5 Å². The molecule has 30 heavy (non-hydrogen) atoms. The third kappa shape index (κ3) is 3.46. The number of carboxylic acids is 1. The number of fused-ring (bicyclic) bond motifs is 1. The predicted molar refractivity (Wildman–Crippen MR) is 109 cm³/mol. The van der Waals surface area contributed by atoms with E-state index in [-0.39, 0.29) is 22.3 Å². The molecule has 0 aliphatic rings. The second kappa shape index (κ2) is 7.67. The molecule has 1 heterocycles. The van der Waals surface area contributed by atoms with Gasteiger partial charge >= 0.3 is 5.97 Å². The molecule has 1 amide bonds. The van der Waals surface area contributed by atoms with Gasteiger partial charge in [-0.15, -0.1) is 0 Å². The number of amides is 1. The maximum Gasteiger partial charge on any atom is 0.357 e. The summed E-state index contributed by atoms with van der Waals surface area (Å²) in [6.07, 6.45) is 0. The summed E-state index contributed by atoms with van der Waals surface area (Å²) >= 11 is 0. The van der Waals surface area contributed by atoms with Crippen LogP contribution in [0.25, 0.3) is 22.0 Å². The third-order valence-electron chi connectivity index (χ3n) is 4.68. The average molecular weight is 405 g/mol. The van der Waals surface area contributed by atoms with Gasteiger partial charge in [0.05, 0.1) is 29.3 Å². The molecule has 3 N–H and O–H groups in total. The summed E-state index contributed by atoms with van der Waals surface area (Å²) in [5, 5.41) is 18.5. The van der Waals surface area contributed by atoms with Gasteiger partial charge < -0.3 is 15.2 Å². The van der Waals surface area contributed by atoms with Crippen molar-refractivity contribution in [3.05, 3.63) is 77.7 Å². The number of anilines is 1. The highest BCUT2D eigenvalue weighted by molar-refractivity contribution is 6.13. The van der Waals surface area contributed by atoms with Crippen molar-refractivity contribution in [1.82, 2.24) is 10.2 Å². The lowest BCUT2D eigenvalue weighted by molar-refractivity contribution is 0.0692. The van der Waals surface area contributed by atoms with Gasteiger partial charge in [0.25, 0.3) is 5.91 Å². The quantitative estimate of drug-likeness (QED) is 0.459. The molecule has 8 heteroatoms. The number of aromatic carboxylic acids is 1. The Labute approximate surface area is 170 Å². The van der Waals surface area contributed by atoms with Crippen LogP contribution in [-0.4, -0.2) is 34.3 Å². The number of rotatable bonds is 5. The van der Waals surface area contributed by atoms with Crippen LogP contribution in [-0.2, 0) is 0 Å². The van der Waals surface area contributed by atoms with Gasteiger partial charge in [-0.1, -0.05) is 24.3 Å². The van der Waals surface area contributed by atoms with E-state index in [0.717, 1.165) is 5.56 Å². The Morgan fingerprint density at radius 1 is 1.07 bits per heavy atom. The van der Waals surface area contributed by atoms with E-state index >= 15 is 0 Å². The Kier molecular flexibility index (Phi) is 4.89. The van der Waals surface area contributed by atoms with Gasteiger partial charge in [0.15, 0.2) is 5.69 Å². The summed E-state index contributed by atoms with van der Waals surface area (Å²) in [6.45, 7) is 0. The molecular weight excluding hydrogens is 389 g/mol. The fourth-order valence-electron chi connectivity index (χ4n) is 3.18. The number of hydrogen-bond donors (Lipinski definition) is 3. The molecule has 4 aromatic rings. The zero-order valence-electron chi connectivity index (χ0n) is 15.8. The molecule has 0 radical (unpaired) electrons. The van der Waals surface area contributed by atoms with Crippen LogP contribution in [0.2, 0.25) is 0 Å². The Bertz CT molecular complexity index is 1270. The lowest BCUT2D eigenvalue weighted by Gasteiger charge is -2.09. The minimum absolute atomic E-state index is 0.162. The fraction of sp³-hybridized carbons (Fsp3) is 0.0455. The molecule has 0 aliphatic heterocycles. The Morgan fingerprint density at radius 3 is 2.47 bits per heavy atom. The number of aromatic amines is 1. The molecule has 150 valence electrons. The van der Waals surface area contributed by atoms with Crippen LogP contribution in [0.15, 0.2) is 60.7 Å². The van der Waals surface area contributed by atoms with Crippen molar-refractivity contribution in [1.29, 1.82) is 0 Å². The molecule has 3 aromatic carbocycles. The molecule has 0 bridgehead atoms. The first-order valence-electron chi connectivity index (χ1n) is 8.93. The second-order valence-electron chi connectivity index (χ2n) is 6.48. The van der Waals surface area contributed by atoms with E-state index < -0.39 is 17.7 Å². The Hall–Kier alpha value is -4.20. The van der Waals surface area contributed by atoms with E-state index in [1.54, 1.807) is 49.6 Å². The average Bonchev–Trinajstić information content (AvgIpc) is 3.19. The lowest BCUT2D eigenvalue weighted by Crippen LogP contribution is -2.14. The molecule has 0 saturated heterocycles. The van der Waals surface area contributed by atoms with Crippen LogP contribution in [0, 0.1) is 5.82 Å². The molecule has 0 atom stereocenters. The van der Waals surface area contributed by atoms with Crippen molar-refractivity contribution in [3.63, 3.8) is 0 Å². The highest BCUT2D eigenvalue weighted by Gasteiger charge is 2.19. The number of benzene rings is 3. The number of ether oxygens (including phenoxy) is 1. The Morgan fingerprint density at radius 2 is 1.80 bits per heavy atom. The number of nitrogens with zero attached hydrogens (tertiary/aromatic N) is 1. The monoisotopic (exact) mass is 405 g/mol. The predicted octanol–water partition coefficient (Wildman–Crippen LogP) is 4.33. The molecule has 0 unspecified atom stereocenters. The molecule has 1 aromatic heterocycles. The van der Waals surface area contributed by atoms with E-state index in [1.807, 2.05) is 0 Å². The fourth-order valence-corrected chi connectivity index (χ4v) is 3.18. The van der Waals surface area contributed by atoms with Crippen molar-refractivity contribution in [3.8, 4) is 16.9 Å². The standard InChI is InChI=1S/C22H16FN3O4/c1-30-14-8-5-12(6-9-14)13-7-10-15(16(23)11-13)21(27)24-17-3-2-4-18-19(17)20(22(28)29)26-25-18/h2-11H,1H3,(H,24,27)(H,25,26)(H,28,29). The first-order valence-corrected chi connectivity index (χ1v) is 8.93. The van der Waals surface area contributed by atoms with E-state index in [9.17, 15) is 19.1 Å². The molecule has 0 saturated carbocycles. The lowest BCUT2D eigenvalue weighted by atomic mass is 10.0. The highest BCUT2D eigenvalue weighted by Crippen LogP contribution is 2.27. The molecule has 0 spiro atoms. The Balaban J connectivity index is 1.63. The van der Waals surface area contributed by atoms with Gasteiger partial charge in [0.1, 0.15) is 11.6 Å². The summed E-state index contributed by atoms with van der Waals surface area (Å²) in [7, 11) is 1.56. The largest absolute Gasteiger partial charge is 0.497 e. The van der Waals surface area contributed by atoms with Crippen molar-refractivity contribution < 1.29 is 23.8 Å². The van der Waals surface area contributed by atoms with Crippen LogP contribution in [0.3, 0.4) is 0 Å². The minimum Gasteiger partial charge on any atom is -0.497 e. The SMILES string of the molecule is COc1ccc(-c2ccc(C(=O)Nc3cccc4[nH]nc(C(=O)O)c34)c(F)c2)cc1. The maximum absolute atomic E-state index is 14.7. The summed E-state index contributed by atoms with van der Waals surface area (Å²) in [6, 6.07) is 16.2. The van der Waals surface area contributed by atoms with Crippen LogP contribution in [0.5, 0.6) is 5.75 Å². The number of methoxy groups -OCH3 is 1. The van der Waals surface area contributed by atoms with Gasteiger partial charge in [0, 0.05) is 0 Å². The minimum atomic E-state index is -1.24. The van der Waals surface area contributed by atoms with Crippen molar-refractivity contribution in [2.75, 3.05) is 12.4 Å². The van der Waals surface area contributed by atoms with Gasteiger partial charge in [-0.25, -0.2) is 9.18 Å². The second-order valence-corrected chi connectivity index (χ2v) is 6.48. The van der Waals surface area contributed by atoms with E-state index in [1.165, 1.54) is 18.2 Å². The van der Waals surface area contributed by atoms with E-state index in [0.29, 0.717) is 16.8 Å². The number of halogens is 1. The topological polar surface area (TPSA) is 104 Å². The van der Waals surface area contributed by atoms with Crippen LogP contribution < -0.4 is 10.1 Å². The van der Waals surface area contributed by atoms with Crippen LogP contribution in [0.1, 0.15) is 20.8 Å².